The first-order valence-electron chi connectivity index (χ1n) is 6.69. The summed E-state index contributed by atoms with van der Waals surface area (Å²) in [6, 6.07) is 18.5. The SMILES string of the molecule is Cc1ccc(NC(CO)C(C)c2ccccc2)cc1. The molecule has 0 amide bonds. The molecule has 19 heavy (non-hydrogen) atoms. The molecular weight excluding hydrogens is 234 g/mol. The van der Waals surface area contributed by atoms with Crippen LogP contribution in [0.4, 0.5) is 5.69 Å². The van der Waals surface area contributed by atoms with Crippen LogP contribution >= 0.6 is 0 Å². The lowest BCUT2D eigenvalue weighted by atomic mass is 9.93. The Labute approximate surface area is 115 Å². The molecule has 0 saturated heterocycles. The molecule has 2 aromatic carbocycles. The summed E-state index contributed by atoms with van der Waals surface area (Å²) in [4.78, 5) is 0. The van der Waals surface area contributed by atoms with Gasteiger partial charge in [-0.2, -0.15) is 0 Å². The van der Waals surface area contributed by atoms with Crippen LogP contribution in [0, 0.1) is 6.92 Å². The molecule has 0 aromatic heterocycles. The third-order valence-corrected chi connectivity index (χ3v) is 3.53. The van der Waals surface area contributed by atoms with Crippen LogP contribution in [0.1, 0.15) is 24.0 Å². The first kappa shape index (κ1) is 13.6. The van der Waals surface area contributed by atoms with Crippen molar-refractivity contribution in [2.24, 2.45) is 0 Å². The molecule has 0 aliphatic rings. The van der Waals surface area contributed by atoms with Crippen molar-refractivity contribution in [3.8, 4) is 0 Å². The molecule has 2 rings (SSSR count). The van der Waals surface area contributed by atoms with E-state index in [2.05, 4.69) is 55.6 Å². The van der Waals surface area contributed by atoms with Gasteiger partial charge in [0.2, 0.25) is 0 Å². The Hall–Kier alpha value is -1.80. The predicted molar refractivity (Wildman–Crippen MR) is 80.5 cm³/mol. The standard InChI is InChI=1S/C17H21NO/c1-13-8-10-16(11-9-13)18-17(12-19)14(2)15-6-4-3-5-7-15/h3-11,14,17-19H,12H2,1-2H3. The molecule has 2 unspecified atom stereocenters. The molecule has 0 bridgehead atoms. The van der Waals surface area contributed by atoms with Gasteiger partial charge >= 0.3 is 0 Å². The highest BCUT2D eigenvalue weighted by Gasteiger charge is 2.17. The van der Waals surface area contributed by atoms with E-state index < -0.39 is 0 Å². The first-order chi connectivity index (χ1) is 9.20. The molecule has 2 N–H and O–H groups in total. The number of aliphatic hydroxyl groups excluding tert-OH is 1. The van der Waals surface area contributed by atoms with Gasteiger partial charge < -0.3 is 10.4 Å². The van der Waals surface area contributed by atoms with Crippen LogP contribution in [-0.4, -0.2) is 17.8 Å². The normalized spacial score (nSPS) is 13.8. The van der Waals surface area contributed by atoms with Gasteiger partial charge in [0.15, 0.2) is 0 Å². The third-order valence-electron chi connectivity index (χ3n) is 3.53. The highest BCUT2D eigenvalue weighted by Crippen LogP contribution is 2.22. The van der Waals surface area contributed by atoms with E-state index in [1.807, 2.05) is 18.2 Å². The van der Waals surface area contributed by atoms with Gasteiger partial charge in [-0.05, 0) is 24.6 Å². The lowest BCUT2D eigenvalue weighted by molar-refractivity contribution is 0.262. The van der Waals surface area contributed by atoms with Gasteiger partial charge in [0.1, 0.15) is 0 Å². The third kappa shape index (κ3) is 3.58. The summed E-state index contributed by atoms with van der Waals surface area (Å²) in [6.45, 7) is 4.32. The summed E-state index contributed by atoms with van der Waals surface area (Å²) in [5, 5.41) is 13.0. The molecule has 2 atom stereocenters. The van der Waals surface area contributed by atoms with Crippen molar-refractivity contribution in [3.63, 3.8) is 0 Å². The van der Waals surface area contributed by atoms with Gasteiger partial charge in [-0.3, -0.25) is 0 Å². The second-order valence-electron chi connectivity index (χ2n) is 5.00. The molecule has 0 aliphatic heterocycles. The van der Waals surface area contributed by atoms with Crippen molar-refractivity contribution in [1.82, 2.24) is 0 Å². The van der Waals surface area contributed by atoms with E-state index in [0.717, 1.165) is 5.69 Å². The van der Waals surface area contributed by atoms with Crippen molar-refractivity contribution in [2.75, 3.05) is 11.9 Å². The molecule has 2 aromatic rings. The zero-order chi connectivity index (χ0) is 13.7. The molecular formula is C17H21NO. The molecule has 0 saturated carbocycles. The molecule has 2 heteroatoms. The average molecular weight is 255 g/mol. The Bertz CT molecular complexity index is 492. The molecule has 2 nitrogen and oxygen atoms in total. The smallest absolute Gasteiger partial charge is 0.0638 e. The number of aryl methyl sites for hydroxylation is 1. The predicted octanol–water partition coefficient (Wildman–Crippen LogP) is 3.57. The molecule has 0 fully saturated rings. The monoisotopic (exact) mass is 255 g/mol. The largest absolute Gasteiger partial charge is 0.394 e. The van der Waals surface area contributed by atoms with Crippen molar-refractivity contribution < 1.29 is 5.11 Å². The van der Waals surface area contributed by atoms with Crippen molar-refractivity contribution >= 4 is 5.69 Å². The fraction of sp³-hybridized carbons (Fsp3) is 0.294. The van der Waals surface area contributed by atoms with Crippen molar-refractivity contribution in [1.29, 1.82) is 0 Å². The van der Waals surface area contributed by atoms with Crippen LogP contribution in [0.2, 0.25) is 0 Å². The molecule has 100 valence electrons. The lowest BCUT2D eigenvalue weighted by Crippen LogP contribution is -2.29. The van der Waals surface area contributed by atoms with Crippen LogP contribution in [0.15, 0.2) is 54.6 Å². The van der Waals surface area contributed by atoms with E-state index in [9.17, 15) is 5.11 Å². The lowest BCUT2D eigenvalue weighted by Gasteiger charge is -2.24. The van der Waals surface area contributed by atoms with E-state index >= 15 is 0 Å². The van der Waals surface area contributed by atoms with E-state index in [1.54, 1.807) is 0 Å². The number of nitrogens with one attached hydrogen (secondary N) is 1. The van der Waals surface area contributed by atoms with Crippen LogP contribution < -0.4 is 5.32 Å². The summed E-state index contributed by atoms with van der Waals surface area (Å²) in [7, 11) is 0. The van der Waals surface area contributed by atoms with Crippen LogP contribution in [-0.2, 0) is 0 Å². The van der Waals surface area contributed by atoms with Gasteiger partial charge in [-0.15, -0.1) is 0 Å². The number of aliphatic hydroxyl groups is 1. The summed E-state index contributed by atoms with van der Waals surface area (Å²) in [5.74, 6) is 0.257. The van der Waals surface area contributed by atoms with E-state index in [-0.39, 0.29) is 18.6 Å². The average Bonchev–Trinajstić information content (AvgIpc) is 2.47. The van der Waals surface area contributed by atoms with Crippen LogP contribution in [0.25, 0.3) is 0 Å². The number of rotatable bonds is 5. The van der Waals surface area contributed by atoms with Gasteiger partial charge in [0.25, 0.3) is 0 Å². The Morgan fingerprint density at radius 1 is 1.00 bits per heavy atom. The summed E-state index contributed by atoms with van der Waals surface area (Å²) in [6.07, 6.45) is 0. The van der Waals surface area contributed by atoms with Gasteiger partial charge in [0.05, 0.1) is 12.6 Å². The fourth-order valence-corrected chi connectivity index (χ4v) is 2.18. The van der Waals surface area contributed by atoms with Crippen molar-refractivity contribution in [2.45, 2.75) is 25.8 Å². The van der Waals surface area contributed by atoms with E-state index in [1.165, 1.54) is 11.1 Å². The zero-order valence-electron chi connectivity index (χ0n) is 11.5. The molecule has 0 spiro atoms. The van der Waals surface area contributed by atoms with Gasteiger partial charge in [-0.25, -0.2) is 0 Å². The highest BCUT2D eigenvalue weighted by molar-refractivity contribution is 5.46. The number of benzene rings is 2. The van der Waals surface area contributed by atoms with Gasteiger partial charge in [-0.1, -0.05) is 55.0 Å². The number of hydrogen-bond donors (Lipinski definition) is 2. The maximum atomic E-state index is 9.61. The topological polar surface area (TPSA) is 32.3 Å². The molecule has 0 aliphatic carbocycles. The van der Waals surface area contributed by atoms with E-state index in [4.69, 9.17) is 0 Å². The molecule has 0 heterocycles. The minimum absolute atomic E-state index is 0.0186. The minimum Gasteiger partial charge on any atom is -0.394 e. The van der Waals surface area contributed by atoms with E-state index in [0.29, 0.717) is 0 Å². The Balaban J connectivity index is 2.10. The quantitative estimate of drug-likeness (QED) is 0.856. The summed E-state index contributed by atoms with van der Waals surface area (Å²) < 4.78 is 0. The highest BCUT2D eigenvalue weighted by atomic mass is 16.3. The Morgan fingerprint density at radius 2 is 1.63 bits per heavy atom. The first-order valence-corrected chi connectivity index (χ1v) is 6.69. The van der Waals surface area contributed by atoms with Crippen molar-refractivity contribution in [3.05, 3.63) is 65.7 Å². The number of anilines is 1. The fourth-order valence-electron chi connectivity index (χ4n) is 2.18. The van der Waals surface area contributed by atoms with Gasteiger partial charge in [0, 0.05) is 11.6 Å². The summed E-state index contributed by atoms with van der Waals surface area (Å²) in [5.41, 5.74) is 3.52. The number of hydrogen-bond acceptors (Lipinski definition) is 2. The minimum atomic E-state index is 0.0186. The Kier molecular flexibility index (Phi) is 4.58. The zero-order valence-corrected chi connectivity index (χ0v) is 11.5. The summed E-state index contributed by atoms with van der Waals surface area (Å²) >= 11 is 0. The Morgan fingerprint density at radius 3 is 2.21 bits per heavy atom. The maximum Gasteiger partial charge on any atom is 0.0638 e. The second-order valence-corrected chi connectivity index (χ2v) is 5.00. The van der Waals surface area contributed by atoms with Crippen LogP contribution in [0.5, 0.6) is 0 Å². The van der Waals surface area contributed by atoms with Crippen LogP contribution in [0.3, 0.4) is 0 Å². The maximum absolute atomic E-state index is 9.61. The second kappa shape index (κ2) is 6.39. The molecule has 0 radical (unpaired) electrons.